The number of amides is 1. The molecule has 2 N–H and O–H groups in total. The maximum absolute atomic E-state index is 12.2. The summed E-state index contributed by atoms with van der Waals surface area (Å²) in [6, 6.07) is 4.40. The molecule has 3 fully saturated rings. The first-order valence-electron chi connectivity index (χ1n) is 10.7. The Kier molecular flexibility index (Phi) is 6.52. The molecule has 7 heteroatoms. The minimum absolute atomic E-state index is 0.254. The molecule has 28 heavy (non-hydrogen) atoms. The van der Waals surface area contributed by atoms with Gasteiger partial charge < -0.3 is 24.7 Å². The molecule has 2 aliphatic heterocycles. The fourth-order valence-corrected chi connectivity index (χ4v) is 4.00. The number of ether oxygens (including phenoxy) is 1. The van der Waals surface area contributed by atoms with Crippen LogP contribution in [0.5, 0.6) is 0 Å². The summed E-state index contributed by atoms with van der Waals surface area (Å²) in [6.45, 7) is 3.91. The van der Waals surface area contributed by atoms with E-state index in [1.54, 1.807) is 6.26 Å². The Morgan fingerprint density at radius 1 is 1.25 bits per heavy atom. The molecule has 0 bridgehead atoms. The van der Waals surface area contributed by atoms with Gasteiger partial charge >= 0.3 is 0 Å². The summed E-state index contributed by atoms with van der Waals surface area (Å²) in [4.78, 5) is 19.0. The number of carbonyl (C=O) groups excluding carboxylic acids is 1. The molecule has 1 aliphatic carbocycles. The monoisotopic (exact) mass is 388 g/mol. The zero-order chi connectivity index (χ0) is 19.2. The number of aliphatic imine (C=N–C) groups is 1. The summed E-state index contributed by atoms with van der Waals surface area (Å²) in [6.07, 6.45) is 9.22. The van der Waals surface area contributed by atoms with Crippen LogP contribution < -0.4 is 10.6 Å². The van der Waals surface area contributed by atoms with Gasteiger partial charge in [0, 0.05) is 57.6 Å². The van der Waals surface area contributed by atoms with Gasteiger partial charge in [-0.3, -0.25) is 9.79 Å². The lowest BCUT2D eigenvalue weighted by Gasteiger charge is -2.24. The molecule has 154 valence electrons. The van der Waals surface area contributed by atoms with E-state index in [4.69, 9.17) is 14.1 Å². The molecule has 3 aliphatic rings. The molecule has 7 nitrogen and oxygen atoms in total. The third-order valence-corrected chi connectivity index (χ3v) is 5.75. The highest BCUT2D eigenvalue weighted by Gasteiger charge is 2.39. The normalized spacial score (nSPS) is 25.9. The highest BCUT2D eigenvalue weighted by atomic mass is 16.5. The quantitative estimate of drug-likeness (QED) is 0.526. The number of hydrogen-bond acceptors (Lipinski definition) is 4. The Hall–Kier alpha value is -2.02. The van der Waals surface area contributed by atoms with Gasteiger partial charge in [0.05, 0.1) is 12.4 Å². The average molecular weight is 389 g/mol. The van der Waals surface area contributed by atoms with Crippen LogP contribution in [0, 0.1) is 5.92 Å². The summed E-state index contributed by atoms with van der Waals surface area (Å²) in [5, 5.41) is 6.84. The molecule has 0 radical (unpaired) electrons. The van der Waals surface area contributed by atoms with Crippen molar-refractivity contribution in [2.24, 2.45) is 10.9 Å². The second-order valence-corrected chi connectivity index (χ2v) is 8.16. The topological polar surface area (TPSA) is 79.1 Å². The Morgan fingerprint density at radius 3 is 2.93 bits per heavy atom. The maximum atomic E-state index is 12.2. The van der Waals surface area contributed by atoms with E-state index >= 15 is 0 Å². The first-order valence-corrected chi connectivity index (χ1v) is 10.7. The number of nitrogens with one attached hydrogen (secondary N) is 2. The van der Waals surface area contributed by atoms with Gasteiger partial charge in [-0.2, -0.15) is 0 Å². The smallest absolute Gasteiger partial charge is 0.223 e. The van der Waals surface area contributed by atoms with Gasteiger partial charge in [-0.1, -0.05) is 0 Å². The summed E-state index contributed by atoms with van der Waals surface area (Å²) < 4.78 is 11.2. The van der Waals surface area contributed by atoms with E-state index in [0.29, 0.717) is 30.8 Å². The second kappa shape index (κ2) is 9.45. The van der Waals surface area contributed by atoms with Crippen molar-refractivity contribution in [2.75, 3.05) is 32.8 Å². The first kappa shape index (κ1) is 19.3. The molecular formula is C21H32N4O3. The van der Waals surface area contributed by atoms with Gasteiger partial charge in [-0.25, -0.2) is 0 Å². The number of carbonyl (C=O) groups is 1. The van der Waals surface area contributed by atoms with Crippen molar-refractivity contribution >= 4 is 11.9 Å². The molecule has 3 heterocycles. The molecule has 0 aromatic carbocycles. The van der Waals surface area contributed by atoms with Crippen LogP contribution >= 0.6 is 0 Å². The largest absolute Gasteiger partial charge is 0.469 e. The third kappa shape index (κ3) is 5.50. The number of nitrogens with zero attached hydrogens (tertiary/aromatic N) is 2. The molecule has 1 saturated carbocycles. The Balaban J connectivity index is 1.28. The van der Waals surface area contributed by atoms with Crippen LogP contribution in [0.2, 0.25) is 0 Å². The molecule has 0 spiro atoms. The number of rotatable bonds is 8. The minimum Gasteiger partial charge on any atom is -0.469 e. The number of furan rings is 1. The second-order valence-electron chi connectivity index (χ2n) is 8.16. The van der Waals surface area contributed by atoms with E-state index < -0.39 is 0 Å². The molecule has 2 unspecified atom stereocenters. The van der Waals surface area contributed by atoms with Crippen LogP contribution in [0.3, 0.4) is 0 Å². The van der Waals surface area contributed by atoms with E-state index in [0.717, 1.165) is 57.2 Å². The summed E-state index contributed by atoms with van der Waals surface area (Å²) in [7, 11) is 0. The lowest BCUT2D eigenvalue weighted by Crippen LogP contribution is -2.43. The van der Waals surface area contributed by atoms with Crippen molar-refractivity contribution in [3.05, 3.63) is 24.2 Å². The fourth-order valence-electron chi connectivity index (χ4n) is 4.00. The molecule has 1 aromatic rings. The predicted molar refractivity (Wildman–Crippen MR) is 107 cm³/mol. The lowest BCUT2D eigenvalue weighted by atomic mass is 10.1. The zero-order valence-electron chi connectivity index (χ0n) is 16.6. The highest BCUT2D eigenvalue weighted by molar-refractivity contribution is 5.81. The molecule has 2 saturated heterocycles. The van der Waals surface area contributed by atoms with Gasteiger partial charge in [0.15, 0.2) is 5.96 Å². The van der Waals surface area contributed by atoms with Gasteiger partial charge in [-0.15, -0.1) is 0 Å². The standard InChI is InChI=1S/C21H32N4O3/c26-20-12-16(15-25(20)17-6-7-17)13-23-21(22-9-8-18-5-3-11-27-18)24-14-19-4-1-2-10-28-19/h3,5,11,16-17,19H,1-2,4,6-10,12-15H2,(H2,22,23,24). The van der Waals surface area contributed by atoms with Crippen LogP contribution in [0.1, 0.15) is 44.3 Å². The van der Waals surface area contributed by atoms with E-state index in [2.05, 4.69) is 15.5 Å². The van der Waals surface area contributed by atoms with E-state index in [1.807, 2.05) is 12.1 Å². The van der Waals surface area contributed by atoms with E-state index in [9.17, 15) is 4.79 Å². The van der Waals surface area contributed by atoms with Crippen molar-refractivity contribution in [2.45, 2.75) is 57.1 Å². The minimum atomic E-state index is 0.254. The van der Waals surface area contributed by atoms with Gasteiger partial charge in [-0.05, 0) is 44.2 Å². The summed E-state index contributed by atoms with van der Waals surface area (Å²) >= 11 is 0. The molecular weight excluding hydrogens is 356 g/mol. The van der Waals surface area contributed by atoms with Gasteiger partial charge in [0.1, 0.15) is 5.76 Å². The van der Waals surface area contributed by atoms with Crippen molar-refractivity contribution in [3.63, 3.8) is 0 Å². The highest BCUT2D eigenvalue weighted by Crippen LogP contribution is 2.32. The van der Waals surface area contributed by atoms with E-state index in [-0.39, 0.29) is 6.10 Å². The summed E-state index contributed by atoms with van der Waals surface area (Å²) in [5.74, 6) is 2.39. The SMILES string of the molecule is O=C1CC(CN=C(NCCc2ccco2)NCC2CCCCO2)CN1C1CC1. The molecule has 1 amide bonds. The predicted octanol–water partition coefficient (Wildman–Crippen LogP) is 1.94. The van der Waals surface area contributed by atoms with Crippen LogP contribution in [0.15, 0.2) is 27.8 Å². The lowest BCUT2D eigenvalue weighted by molar-refractivity contribution is -0.128. The zero-order valence-corrected chi connectivity index (χ0v) is 16.6. The van der Waals surface area contributed by atoms with Crippen molar-refractivity contribution in [1.29, 1.82) is 0 Å². The maximum Gasteiger partial charge on any atom is 0.223 e. The fraction of sp³-hybridized carbons (Fsp3) is 0.714. The first-order chi connectivity index (χ1) is 13.8. The number of hydrogen-bond donors (Lipinski definition) is 2. The van der Waals surface area contributed by atoms with Crippen molar-refractivity contribution < 1.29 is 13.9 Å². The summed E-state index contributed by atoms with van der Waals surface area (Å²) in [5.41, 5.74) is 0. The number of likely N-dealkylation sites (tertiary alicyclic amines) is 1. The average Bonchev–Trinajstić information content (AvgIpc) is 3.29. The van der Waals surface area contributed by atoms with Gasteiger partial charge in [0.25, 0.3) is 0 Å². The van der Waals surface area contributed by atoms with Crippen molar-refractivity contribution in [3.8, 4) is 0 Å². The Bertz CT molecular complexity index is 651. The van der Waals surface area contributed by atoms with Gasteiger partial charge in [0.2, 0.25) is 5.91 Å². The third-order valence-electron chi connectivity index (χ3n) is 5.75. The molecule has 4 rings (SSSR count). The van der Waals surface area contributed by atoms with Crippen molar-refractivity contribution in [1.82, 2.24) is 15.5 Å². The van der Waals surface area contributed by atoms with Crippen LogP contribution in [-0.4, -0.2) is 61.7 Å². The Morgan fingerprint density at radius 2 is 2.18 bits per heavy atom. The molecule has 2 atom stereocenters. The number of guanidine groups is 1. The Labute approximate surface area is 166 Å². The van der Waals surface area contributed by atoms with E-state index in [1.165, 1.54) is 19.3 Å². The van der Waals surface area contributed by atoms with Crippen LogP contribution in [0.25, 0.3) is 0 Å². The van der Waals surface area contributed by atoms with Crippen LogP contribution in [-0.2, 0) is 16.0 Å². The van der Waals surface area contributed by atoms with Crippen LogP contribution in [0.4, 0.5) is 0 Å². The molecule has 1 aromatic heterocycles.